The Kier molecular flexibility index (Phi) is 4.77. The van der Waals surface area contributed by atoms with E-state index in [0.717, 1.165) is 43.5 Å². The second-order valence-electron chi connectivity index (χ2n) is 5.35. The summed E-state index contributed by atoms with van der Waals surface area (Å²) in [6, 6.07) is 5.15. The minimum absolute atomic E-state index is 0.176. The van der Waals surface area contributed by atoms with Crippen LogP contribution in [0.1, 0.15) is 44.2 Å². The fourth-order valence-corrected chi connectivity index (χ4v) is 2.93. The van der Waals surface area contributed by atoms with E-state index in [-0.39, 0.29) is 18.5 Å². The molecule has 2 atom stereocenters. The third-order valence-electron chi connectivity index (χ3n) is 3.86. The van der Waals surface area contributed by atoms with Crippen molar-refractivity contribution < 1.29 is 9.50 Å². The van der Waals surface area contributed by atoms with Crippen molar-refractivity contribution in [3.05, 3.63) is 29.6 Å². The second kappa shape index (κ2) is 6.35. The van der Waals surface area contributed by atoms with Gasteiger partial charge in [0.1, 0.15) is 5.82 Å². The number of aliphatic hydroxyl groups is 1. The molecule has 0 aliphatic carbocycles. The molecule has 2 rings (SSSR count). The van der Waals surface area contributed by atoms with Gasteiger partial charge in [-0.3, -0.25) is 0 Å². The molecule has 0 amide bonds. The maximum absolute atomic E-state index is 13.4. The molecule has 1 unspecified atom stereocenters. The van der Waals surface area contributed by atoms with Crippen molar-refractivity contribution in [2.24, 2.45) is 5.73 Å². The van der Waals surface area contributed by atoms with Crippen molar-refractivity contribution in [3.63, 3.8) is 0 Å². The van der Waals surface area contributed by atoms with E-state index in [1.807, 2.05) is 13.0 Å². The topological polar surface area (TPSA) is 49.5 Å². The van der Waals surface area contributed by atoms with Gasteiger partial charge in [-0.2, -0.15) is 0 Å². The number of rotatable bonds is 5. The number of aliphatic hydroxyl groups excluding tert-OH is 1. The van der Waals surface area contributed by atoms with Crippen LogP contribution in [0.4, 0.5) is 10.1 Å². The van der Waals surface area contributed by atoms with E-state index < -0.39 is 0 Å². The Balaban J connectivity index is 2.24. The number of nitrogens with two attached hydrogens (primary N) is 1. The molecule has 0 bridgehead atoms. The van der Waals surface area contributed by atoms with Crippen LogP contribution in [-0.4, -0.2) is 24.3 Å². The van der Waals surface area contributed by atoms with Crippen molar-refractivity contribution in [2.45, 2.75) is 44.7 Å². The zero-order chi connectivity index (χ0) is 13.8. The first-order valence-corrected chi connectivity index (χ1v) is 7.06. The summed E-state index contributed by atoms with van der Waals surface area (Å²) >= 11 is 0. The first kappa shape index (κ1) is 14.3. The molecule has 3 nitrogen and oxygen atoms in total. The Labute approximate surface area is 114 Å². The number of nitrogens with zero attached hydrogens (tertiary/aromatic N) is 1. The summed E-state index contributed by atoms with van der Waals surface area (Å²) in [7, 11) is 0. The Morgan fingerprint density at radius 2 is 2.32 bits per heavy atom. The summed E-state index contributed by atoms with van der Waals surface area (Å²) < 4.78 is 13.4. The summed E-state index contributed by atoms with van der Waals surface area (Å²) in [5, 5.41) is 8.97. The molecule has 0 saturated carbocycles. The van der Waals surface area contributed by atoms with E-state index in [2.05, 4.69) is 4.90 Å². The Bertz CT molecular complexity index is 423. The number of benzene rings is 1. The van der Waals surface area contributed by atoms with Crippen LogP contribution in [0, 0.1) is 5.82 Å². The van der Waals surface area contributed by atoms with Gasteiger partial charge in [-0.1, -0.05) is 0 Å². The predicted octanol–water partition coefficient (Wildman–Crippen LogP) is 2.59. The lowest BCUT2D eigenvalue weighted by molar-refractivity contribution is 0.279. The van der Waals surface area contributed by atoms with Crippen LogP contribution in [-0.2, 0) is 0 Å². The first-order valence-electron chi connectivity index (χ1n) is 7.06. The fraction of sp³-hybridized carbons (Fsp3) is 0.600. The maximum Gasteiger partial charge on any atom is 0.123 e. The van der Waals surface area contributed by atoms with E-state index in [4.69, 9.17) is 10.8 Å². The van der Waals surface area contributed by atoms with Crippen molar-refractivity contribution in [1.29, 1.82) is 0 Å². The predicted molar refractivity (Wildman–Crippen MR) is 75.7 cm³/mol. The molecule has 4 heteroatoms. The molecule has 3 N–H and O–H groups in total. The molecular formula is C15H23FN2O. The molecule has 1 aliphatic heterocycles. The van der Waals surface area contributed by atoms with Gasteiger partial charge in [0.05, 0.1) is 0 Å². The average Bonchev–Trinajstić information content (AvgIpc) is 2.84. The highest BCUT2D eigenvalue weighted by molar-refractivity contribution is 5.56. The summed E-state index contributed by atoms with van der Waals surface area (Å²) in [6.07, 6.45) is 4.07. The molecule has 1 aromatic carbocycles. The Morgan fingerprint density at radius 3 is 3.00 bits per heavy atom. The molecule has 1 heterocycles. The zero-order valence-corrected chi connectivity index (χ0v) is 11.5. The summed E-state index contributed by atoms with van der Waals surface area (Å²) in [5.41, 5.74) is 7.89. The van der Waals surface area contributed by atoms with Crippen molar-refractivity contribution in [1.82, 2.24) is 0 Å². The Hall–Kier alpha value is -1.13. The molecule has 0 radical (unpaired) electrons. The van der Waals surface area contributed by atoms with E-state index in [9.17, 15) is 4.39 Å². The molecule has 19 heavy (non-hydrogen) atoms. The lowest BCUT2D eigenvalue weighted by Gasteiger charge is -2.30. The SMILES string of the molecule is C[C@H](N)c1cc(F)ccc1N1CCCC1CCCO. The van der Waals surface area contributed by atoms with Crippen molar-refractivity contribution in [2.75, 3.05) is 18.1 Å². The fourth-order valence-electron chi connectivity index (χ4n) is 2.93. The summed E-state index contributed by atoms with van der Waals surface area (Å²) in [6.45, 7) is 3.10. The summed E-state index contributed by atoms with van der Waals surface area (Å²) in [4.78, 5) is 2.33. The van der Waals surface area contributed by atoms with Gasteiger partial charge in [-0.25, -0.2) is 4.39 Å². The number of hydrogen-bond acceptors (Lipinski definition) is 3. The Morgan fingerprint density at radius 1 is 1.53 bits per heavy atom. The highest BCUT2D eigenvalue weighted by atomic mass is 19.1. The van der Waals surface area contributed by atoms with Crippen molar-refractivity contribution in [3.8, 4) is 0 Å². The number of hydrogen-bond donors (Lipinski definition) is 2. The molecular weight excluding hydrogens is 243 g/mol. The lowest BCUT2D eigenvalue weighted by Crippen LogP contribution is -2.31. The highest BCUT2D eigenvalue weighted by Gasteiger charge is 2.26. The van der Waals surface area contributed by atoms with E-state index in [0.29, 0.717) is 6.04 Å². The molecule has 1 saturated heterocycles. The van der Waals surface area contributed by atoms with Gasteiger partial charge >= 0.3 is 0 Å². The van der Waals surface area contributed by atoms with Crippen molar-refractivity contribution >= 4 is 5.69 Å². The number of halogens is 1. The van der Waals surface area contributed by atoms with E-state index >= 15 is 0 Å². The van der Waals surface area contributed by atoms with Gasteiger partial charge < -0.3 is 15.7 Å². The van der Waals surface area contributed by atoms with Crippen LogP contribution in [0.3, 0.4) is 0 Å². The van der Waals surface area contributed by atoms with Gasteiger partial charge in [-0.05, 0) is 56.4 Å². The van der Waals surface area contributed by atoms with Gasteiger partial charge in [0, 0.05) is 30.9 Å². The zero-order valence-electron chi connectivity index (χ0n) is 11.5. The largest absolute Gasteiger partial charge is 0.396 e. The molecule has 0 aromatic heterocycles. The van der Waals surface area contributed by atoms with Gasteiger partial charge in [0.25, 0.3) is 0 Å². The molecule has 106 valence electrons. The normalized spacial score (nSPS) is 20.8. The monoisotopic (exact) mass is 266 g/mol. The average molecular weight is 266 g/mol. The third-order valence-corrected chi connectivity index (χ3v) is 3.86. The van der Waals surface area contributed by atoms with E-state index in [1.54, 1.807) is 6.07 Å². The molecule has 0 spiro atoms. The molecule has 1 aromatic rings. The van der Waals surface area contributed by atoms with Crippen LogP contribution in [0.2, 0.25) is 0 Å². The second-order valence-corrected chi connectivity index (χ2v) is 5.35. The minimum Gasteiger partial charge on any atom is -0.396 e. The van der Waals surface area contributed by atoms with Gasteiger partial charge in [-0.15, -0.1) is 0 Å². The van der Waals surface area contributed by atoms with Crippen LogP contribution in [0.25, 0.3) is 0 Å². The van der Waals surface area contributed by atoms with Gasteiger partial charge in [0.15, 0.2) is 0 Å². The third kappa shape index (κ3) is 3.25. The van der Waals surface area contributed by atoms with E-state index in [1.165, 1.54) is 6.07 Å². The quantitative estimate of drug-likeness (QED) is 0.861. The summed E-state index contributed by atoms with van der Waals surface area (Å²) in [5.74, 6) is -0.234. The first-order chi connectivity index (χ1) is 9.13. The molecule has 1 aliphatic rings. The van der Waals surface area contributed by atoms with Crippen LogP contribution >= 0.6 is 0 Å². The van der Waals surface area contributed by atoms with Crippen LogP contribution in [0.15, 0.2) is 18.2 Å². The smallest absolute Gasteiger partial charge is 0.123 e. The van der Waals surface area contributed by atoms with Crippen LogP contribution in [0.5, 0.6) is 0 Å². The highest BCUT2D eigenvalue weighted by Crippen LogP contribution is 2.33. The standard InChI is InChI=1S/C15H23FN2O/c1-11(17)14-10-12(16)6-7-15(14)18-8-2-4-13(18)5-3-9-19/h6-7,10-11,13,19H,2-5,8-9,17H2,1H3/t11-,13?/m0/s1. The minimum atomic E-state index is -0.234. The maximum atomic E-state index is 13.4. The van der Waals surface area contributed by atoms with Crippen LogP contribution < -0.4 is 10.6 Å². The lowest BCUT2D eigenvalue weighted by atomic mass is 10.0. The number of anilines is 1. The van der Waals surface area contributed by atoms with Gasteiger partial charge in [0.2, 0.25) is 0 Å². The molecule has 1 fully saturated rings.